The van der Waals surface area contributed by atoms with E-state index in [4.69, 9.17) is 90.6 Å². The first kappa shape index (κ1) is 80.3. The highest BCUT2D eigenvalue weighted by Crippen LogP contribution is 2.38. The molecule has 0 saturated heterocycles. The van der Waals surface area contributed by atoms with Gasteiger partial charge >= 0.3 is 29.8 Å². The summed E-state index contributed by atoms with van der Waals surface area (Å²) in [7, 11) is 0. The summed E-state index contributed by atoms with van der Waals surface area (Å²) in [4.78, 5) is 90.2. The van der Waals surface area contributed by atoms with Crippen LogP contribution in [0.25, 0.3) is 22.9 Å². The van der Waals surface area contributed by atoms with Crippen LogP contribution in [0.2, 0.25) is 0 Å². The predicted octanol–water partition coefficient (Wildman–Crippen LogP) is 8.57. The van der Waals surface area contributed by atoms with Gasteiger partial charge in [-0.3, -0.25) is 0 Å². The van der Waals surface area contributed by atoms with E-state index in [1.165, 1.54) is 18.2 Å². The summed E-state index contributed by atoms with van der Waals surface area (Å²) >= 11 is 0. The Morgan fingerprint density at radius 3 is 1.28 bits per heavy atom. The maximum Gasteiger partial charge on any atom is 0.336 e. The van der Waals surface area contributed by atoms with Crippen molar-refractivity contribution < 1.29 is 134 Å². The van der Waals surface area contributed by atoms with Gasteiger partial charge in [0.2, 0.25) is 0 Å². The second-order valence-corrected chi connectivity index (χ2v) is 18.7. The molecule has 0 aliphatic carbocycles. The van der Waals surface area contributed by atoms with E-state index >= 15 is 0 Å². The summed E-state index contributed by atoms with van der Waals surface area (Å²) in [5, 5.41) is 10.4. The van der Waals surface area contributed by atoms with Crippen LogP contribution in [-0.2, 0) is 119 Å². The van der Waals surface area contributed by atoms with Gasteiger partial charge in [-0.05, 0) is 75.3 Å². The zero-order chi connectivity index (χ0) is 70.3. The van der Waals surface area contributed by atoms with Gasteiger partial charge in [-0.2, -0.15) is 14.7 Å². The second-order valence-electron chi connectivity index (χ2n) is 18.7. The van der Waals surface area contributed by atoms with Crippen molar-refractivity contribution in [1.82, 2.24) is 0 Å². The molecule has 0 radical (unpaired) electrons. The van der Waals surface area contributed by atoms with Crippen LogP contribution in [0.1, 0.15) is 22.3 Å². The van der Waals surface area contributed by atoms with Crippen molar-refractivity contribution in [3.05, 3.63) is 189 Å². The molecule has 28 heteroatoms. The van der Waals surface area contributed by atoms with Gasteiger partial charge in [-0.1, -0.05) is 87.0 Å². The number of carbonyl (C=O) groups excluding carboxylic acids is 5. The van der Waals surface area contributed by atoms with Gasteiger partial charge in [0.15, 0.2) is 41.8 Å². The summed E-state index contributed by atoms with van der Waals surface area (Å²) in [5.74, 6) is -1.55. The first-order valence-electron chi connectivity index (χ1n) is 30.3. The van der Waals surface area contributed by atoms with E-state index in [0.717, 1.165) is 37.0 Å². The van der Waals surface area contributed by atoms with E-state index in [1.807, 2.05) is 0 Å². The van der Waals surface area contributed by atoms with Crippen molar-refractivity contribution in [3.8, 4) is 34.5 Å². The van der Waals surface area contributed by atoms with Crippen molar-refractivity contribution in [3.63, 3.8) is 0 Å². The molecule has 528 valence electrons. The third kappa shape index (κ3) is 35.1. The molecule has 0 aliphatic rings. The smallest absolute Gasteiger partial charge is 0.336 e. The van der Waals surface area contributed by atoms with Crippen LogP contribution in [0.5, 0.6) is 34.5 Å². The van der Waals surface area contributed by atoms with E-state index in [1.54, 1.807) is 66.7 Å². The van der Waals surface area contributed by atoms with Crippen LogP contribution < -0.4 is 28.4 Å². The number of esters is 5. The molecule has 28 nitrogen and oxygen atoms in total. The Balaban J connectivity index is 1.53. The van der Waals surface area contributed by atoms with Gasteiger partial charge in [0.05, 0.1) is 79.3 Å². The molecule has 0 unspecified atom stereocenters. The fraction of sp³-hybridized carbons (Fsp3) is 0.343. The Labute approximate surface area is 566 Å². The summed E-state index contributed by atoms with van der Waals surface area (Å²) in [6, 6.07) is 16.8. The van der Waals surface area contributed by atoms with Gasteiger partial charge in [0, 0.05) is 53.5 Å². The molecule has 4 aromatic carbocycles. The third-order valence-corrected chi connectivity index (χ3v) is 11.9. The highest BCUT2D eigenvalue weighted by molar-refractivity contribution is 5.93. The van der Waals surface area contributed by atoms with Crippen LogP contribution in [0.15, 0.2) is 166 Å². The number of fused-ring (bicyclic) bond motifs is 1. The van der Waals surface area contributed by atoms with E-state index < -0.39 is 29.8 Å². The molecular weight excluding hydrogens is 1290 g/mol. The van der Waals surface area contributed by atoms with Crippen LogP contribution in [-0.4, -0.2) is 175 Å². The monoisotopic (exact) mass is 1370 g/mol. The average molecular weight is 1370 g/mol. The standard InChI is InChI=1S/C70H80O28/c1-7-27-89-90-49-39-81-37-47-87-69-56(25-30-76-40-50-93-97-91-28-8-2)14-13-55(68(69)86-46-36-79-34-44-84-64(72)11-5)19-24-67(75)96-60-21-16-57-52-59(20-15-58(57)53-60)95-66(74)23-18-54-17-22-62(82-42-32-78-33-43-83-63(71)10-4)70(88-48-38-80-35-45-85-65(73)12-6)61(54)26-31-77-41-51-94-98-92-29-9-3/h10-24,27-29,52-53H,1-6,25-26,30-51H2/b23-18+,24-19+. The number of hydrogen-bond donors (Lipinski definition) is 0. The SMILES string of the molecule is C=C=COOCCOCCOc1c(CCOCCOOOC=C=C)ccc(/C=C/C(=O)Oc2ccc3cc(OC(=O)/C=C/c4ccc(OCCOCCOC(=O)C=C)c(OCCOCCOC(=O)C=C)c4CCOCCOOOC=C=C)ccc3c2)c1OCCOCCOC(=O)C=C. The number of ether oxygens (including phenoxy) is 15. The molecule has 0 bridgehead atoms. The molecule has 98 heavy (non-hydrogen) atoms. The number of benzene rings is 4. The average Bonchev–Trinajstić information content (AvgIpc) is 0.838. The summed E-state index contributed by atoms with van der Waals surface area (Å²) < 4.78 is 85.5. The molecule has 0 spiro atoms. The highest BCUT2D eigenvalue weighted by Gasteiger charge is 2.19. The minimum absolute atomic E-state index is 0.00292. The van der Waals surface area contributed by atoms with Crippen LogP contribution in [0, 0.1) is 0 Å². The first-order valence-corrected chi connectivity index (χ1v) is 30.3. The predicted molar refractivity (Wildman–Crippen MR) is 348 cm³/mol. The topological polar surface area (TPSA) is 298 Å². The molecule has 0 aliphatic heterocycles. The Hall–Kier alpha value is -10.1. The number of rotatable bonds is 57. The molecule has 4 aromatic rings. The van der Waals surface area contributed by atoms with Gasteiger partial charge in [-0.25, -0.2) is 24.0 Å². The molecule has 0 fully saturated rings. The zero-order valence-electron chi connectivity index (χ0n) is 54.2. The Bertz CT molecular complexity index is 3320. The summed E-state index contributed by atoms with van der Waals surface area (Å²) in [6.07, 6.45) is 12.6. The fourth-order valence-corrected chi connectivity index (χ4v) is 7.70. The van der Waals surface area contributed by atoms with Gasteiger partial charge < -0.3 is 85.7 Å². The lowest BCUT2D eigenvalue weighted by Crippen LogP contribution is -2.15. The van der Waals surface area contributed by atoms with Gasteiger partial charge in [-0.15, -0.1) is 0 Å². The molecular formula is C70H80O28. The number of carbonyl (C=O) groups is 5. The van der Waals surface area contributed by atoms with E-state index in [0.29, 0.717) is 56.7 Å². The Morgan fingerprint density at radius 2 is 0.776 bits per heavy atom. The van der Waals surface area contributed by atoms with Crippen LogP contribution >= 0.6 is 0 Å². The highest BCUT2D eigenvalue weighted by atomic mass is 17.5. The first-order chi connectivity index (χ1) is 48.0. The zero-order valence-corrected chi connectivity index (χ0v) is 54.2. The maximum absolute atomic E-state index is 13.5. The molecule has 0 N–H and O–H groups in total. The lowest BCUT2D eigenvalue weighted by molar-refractivity contribution is -0.491. The second kappa shape index (κ2) is 52.1. The molecule has 0 amide bonds. The fourth-order valence-electron chi connectivity index (χ4n) is 7.70. The van der Waals surface area contributed by atoms with Crippen molar-refractivity contribution in [2.75, 3.05) is 145 Å². The lowest BCUT2D eigenvalue weighted by Gasteiger charge is -2.19. The van der Waals surface area contributed by atoms with Crippen LogP contribution in [0.3, 0.4) is 0 Å². The molecule has 0 saturated carbocycles. The summed E-state index contributed by atoms with van der Waals surface area (Å²) in [6.45, 7) is 22.1. The minimum Gasteiger partial charge on any atom is -0.487 e. The maximum atomic E-state index is 13.5. The molecule has 0 atom stereocenters. The van der Waals surface area contributed by atoms with Crippen molar-refractivity contribution in [2.24, 2.45) is 0 Å². The van der Waals surface area contributed by atoms with E-state index in [-0.39, 0.29) is 169 Å². The van der Waals surface area contributed by atoms with Gasteiger partial charge in [0.1, 0.15) is 77.6 Å². The Morgan fingerprint density at radius 1 is 0.367 bits per heavy atom. The quantitative estimate of drug-likeness (QED) is 0.00460. The van der Waals surface area contributed by atoms with Gasteiger partial charge in [0.25, 0.3) is 0 Å². The van der Waals surface area contributed by atoms with Crippen LogP contribution in [0.4, 0.5) is 0 Å². The van der Waals surface area contributed by atoms with E-state index in [2.05, 4.69) is 76.5 Å². The molecule has 0 heterocycles. The minimum atomic E-state index is -0.729. The van der Waals surface area contributed by atoms with E-state index in [9.17, 15) is 24.0 Å². The van der Waals surface area contributed by atoms with Crippen molar-refractivity contribution in [1.29, 1.82) is 0 Å². The molecule has 0 aromatic heterocycles. The summed E-state index contributed by atoms with van der Waals surface area (Å²) in [5.41, 5.74) is 9.40. The Kier molecular flexibility index (Phi) is 42.8. The molecule has 4 rings (SSSR count). The normalized spacial score (nSPS) is 10.7. The van der Waals surface area contributed by atoms with Crippen molar-refractivity contribution in [2.45, 2.75) is 12.8 Å². The number of hydrogen-bond acceptors (Lipinski definition) is 28. The third-order valence-electron chi connectivity index (χ3n) is 11.9. The largest absolute Gasteiger partial charge is 0.487 e. The lowest BCUT2D eigenvalue weighted by atomic mass is 10.0. The van der Waals surface area contributed by atoms with Crippen molar-refractivity contribution >= 4 is 52.8 Å².